The first-order valence-electron chi connectivity index (χ1n) is 5.05. The summed E-state index contributed by atoms with van der Waals surface area (Å²) in [6.45, 7) is 0. The average molecular weight is 366 g/mol. The monoisotopic (exact) mass is 364 g/mol. The highest BCUT2D eigenvalue weighted by molar-refractivity contribution is 9.10. The Balaban J connectivity index is 2.60. The third kappa shape index (κ3) is 2.81. The maximum Gasteiger partial charge on any atom is 0.200 e. The van der Waals surface area contributed by atoms with Crippen molar-refractivity contribution in [3.8, 4) is 0 Å². The van der Waals surface area contributed by atoms with Gasteiger partial charge in [-0.25, -0.2) is 8.78 Å². The number of benzene rings is 2. The fourth-order valence-electron chi connectivity index (χ4n) is 1.55. The number of rotatable bonds is 2. The number of carbonyl (C=O) groups is 1. The molecule has 0 fully saturated rings. The highest BCUT2D eigenvalue weighted by Gasteiger charge is 2.21. The molecule has 0 bridgehead atoms. The van der Waals surface area contributed by atoms with E-state index in [4.69, 9.17) is 23.2 Å². The van der Waals surface area contributed by atoms with Gasteiger partial charge >= 0.3 is 0 Å². The van der Waals surface area contributed by atoms with E-state index in [9.17, 15) is 13.6 Å². The van der Waals surface area contributed by atoms with E-state index in [0.29, 0.717) is 4.47 Å². The van der Waals surface area contributed by atoms with Crippen LogP contribution in [0.15, 0.2) is 34.8 Å². The Morgan fingerprint density at radius 1 is 1.05 bits per heavy atom. The van der Waals surface area contributed by atoms with Gasteiger partial charge in [-0.3, -0.25) is 4.79 Å². The summed E-state index contributed by atoms with van der Waals surface area (Å²) in [6, 6.07) is 5.98. The van der Waals surface area contributed by atoms with Crippen molar-refractivity contribution in [1.82, 2.24) is 0 Å². The van der Waals surface area contributed by atoms with Crippen LogP contribution >= 0.6 is 39.1 Å². The van der Waals surface area contributed by atoms with Gasteiger partial charge in [-0.05, 0) is 40.2 Å². The van der Waals surface area contributed by atoms with Crippen molar-refractivity contribution in [1.29, 1.82) is 0 Å². The van der Waals surface area contributed by atoms with Crippen LogP contribution in [-0.2, 0) is 0 Å². The van der Waals surface area contributed by atoms with Crippen molar-refractivity contribution < 1.29 is 13.6 Å². The zero-order valence-electron chi connectivity index (χ0n) is 9.18. The Bertz CT molecular complexity index is 654. The number of hydrogen-bond donors (Lipinski definition) is 0. The van der Waals surface area contributed by atoms with Crippen molar-refractivity contribution in [3.63, 3.8) is 0 Å². The molecule has 0 aromatic heterocycles. The van der Waals surface area contributed by atoms with E-state index in [1.54, 1.807) is 0 Å². The summed E-state index contributed by atoms with van der Waals surface area (Å²) in [5, 5.41) is 0.0700. The standard InChI is InChI=1S/C13H5BrCl2F2O/c14-7-5-11(18)6(4-9(7)16)13(19)12-8(15)2-1-3-10(12)17/h1-5H. The van der Waals surface area contributed by atoms with Crippen molar-refractivity contribution in [3.05, 3.63) is 67.6 Å². The van der Waals surface area contributed by atoms with E-state index in [0.717, 1.165) is 18.2 Å². The summed E-state index contributed by atoms with van der Waals surface area (Å²) >= 11 is 14.6. The van der Waals surface area contributed by atoms with Gasteiger partial charge in [-0.15, -0.1) is 0 Å². The molecule has 0 spiro atoms. The molecule has 0 atom stereocenters. The van der Waals surface area contributed by atoms with Crippen molar-refractivity contribution in [2.45, 2.75) is 0 Å². The number of carbonyl (C=O) groups excluding carboxylic acids is 1. The molecule has 2 aromatic rings. The minimum Gasteiger partial charge on any atom is -0.288 e. The Hall–Kier alpha value is -0.970. The minimum atomic E-state index is -0.852. The Kier molecular flexibility index (Phi) is 4.23. The molecule has 2 aromatic carbocycles. The van der Waals surface area contributed by atoms with E-state index in [2.05, 4.69) is 15.9 Å². The Morgan fingerprint density at radius 3 is 2.37 bits per heavy atom. The van der Waals surface area contributed by atoms with Gasteiger partial charge < -0.3 is 0 Å². The van der Waals surface area contributed by atoms with Gasteiger partial charge in [0.25, 0.3) is 0 Å². The van der Waals surface area contributed by atoms with E-state index in [-0.39, 0.29) is 21.2 Å². The molecule has 0 N–H and O–H groups in total. The van der Waals surface area contributed by atoms with Crippen LogP contribution in [0.2, 0.25) is 10.0 Å². The number of halogens is 5. The van der Waals surface area contributed by atoms with E-state index in [1.165, 1.54) is 12.1 Å². The fourth-order valence-corrected chi connectivity index (χ4v) is 2.27. The molecule has 2 rings (SSSR count). The van der Waals surface area contributed by atoms with Crippen LogP contribution in [0.5, 0.6) is 0 Å². The molecule has 0 heterocycles. The van der Waals surface area contributed by atoms with Crippen LogP contribution in [-0.4, -0.2) is 5.78 Å². The SMILES string of the molecule is O=C(c1cc(Cl)c(Br)cc1F)c1c(F)cccc1Cl. The molecular formula is C13H5BrCl2F2O. The van der Waals surface area contributed by atoms with Crippen LogP contribution in [0.1, 0.15) is 15.9 Å². The number of hydrogen-bond acceptors (Lipinski definition) is 1. The Labute approximate surface area is 126 Å². The zero-order chi connectivity index (χ0) is 14.2. The second-order valence-electron chi connectivity index (χ2n) is 3.67. The predicted molar refractivity (Wildman–Crippen MR) is 74.0 cm³/mol. The molecule has 0 radical (unpaired) electrons. The lowest BCUT2D eigenvalue weighted by molar-refractivity contribution is 0.103. The van der Waals surface area contributed by atoms with Crippen molar-refractivity contribution >= 4 is 44.9 Å². The molecule has 0 aliphatic rings. The highest BCUT2D eigenvalue weighted by Crippen LogP contribution is 2.29. The van der Waals surface area contributed by atoms with Crippen LogP contribution in [0.4, 0.5) is 8.78 Å². The van der Waals surface area contributed by atoms with E-state index < -0.39 is 17.4 Å². The third-order valence-corrected chi connectivity index (χ3v) is 3.96. The lowest BCUT2D eigenvalue weighted by atomic mass is 10.0. The fraction of sp³-hybridized carbons (Fsp3) is 0. The summed E-state index contributed by atoms with van der Waals surface area (Å²) < 4.78 is 27.7. The normalized spacial score (nSPS) is 10.6. The van der Waals surface area contributed by atoms with Crippen LogP contribution in [0, 0.1) is 11.6 Å². The first kappa shape index (κ1) is 14.4. The number of ketones is 1. The summed E-state index contributed by atoms with van der Waals surface area (Å²) in [7, 11) is 0. The Morgan fingerprint density at radius 2 is 1.74 bits per heavy atom. The van der Waals surface area contributed by atoms with Gasteiger partial charge in [-0.2, -0.15) is 0 Å². The van der Waals surface area contributed by atoms with Crippen LogP contribution < -0.4 is 0 Å². The molecule has 98 valence electrons. The quantitative estimate of drug-likeness (QED) is 0.523. The molecule has 0 amide bonds. The largest absolute Gasteiger partial charge is 0.288 e. The molecule has 0 aliphatic carbocycles. The highest BCUT2D eigenvalue weighted by atomic mass is 79.9. The molecule has 0 unspecified atom stereocenters. The molecular weight excluding hydrogens is 361 g/mol. The topological polar surface area (TPSA) is 17.1 Å². The second kappa shape index (κ2) is 5.57. The zero-order valence-corrected chi connectivity index (χ0v) is 12.3. The summed E-state index contributed by atoms with van der Waals surface area (Å²) in [6.07, 6.45) is 0. The van der Waals surface area contributed by atoms with Gasteiger partial charge in [0.15, 0.2) is 5.78 Å². The molecule has 1 nitrogen and oxygen atoms in total. The van der Waals surface area contributed by atoms with Gasteiger partial charge in [0, 0.05) is 4.47 Å². The summed E-state index contributed by atoms with van der Waals surface area (Å²) in [5.74, 6) is -2.47. The molecule has 19 heavy (non-hydrogen) atoms. The van der Waals surface area contributed by atoms with Gasteiger partial charge in [-0.1, -0.05) is 29.3 Å². The van der Waals surface area contributed by atoms with E-state index >= 15 is 0 Å². The minimum absolute atomic E-state index is 0.0801. The van der Waals surface area contributed by atoms with Gasteiger partial charge in [0.2, 0.25) is 0 Å². The third-order valence-electron chi connectivity index (χ3n) is 2.44. The first-order chi connectivity index (χ1) is 8.91. The maximum absolute atomic E-state index is 13.8. The molecule has 0 saturated carbocycles. The van der Waals surface area contributed by atoms with Crippen LogP contribution in [0.25, 0.3) is 0 Å². The van der Waals surface area contributed by atoms with Crippen molar-refractivity contribution in [2.75, 3.05) is 0 Å². The second-order valence-corrected chi connectivity index (χ2v) is 5.34. The molecule has 0 saturated heterocycles. The van der Waals surface area contributed by atoms with Gasteiger partial charge in [0.1, 0.15) is 11.6 Å². The summed E-state index contributed by atoms with van der Waals surface area (Å²) in [5.41, 5.74) is -0.707. The smallest absolute Gasteiger partial charge is 0.200 e. The lowest BCUT2D eigenvalue weighted by Crippen LogP contribution is -2.08. The van der Waals surface area contributed by atoms with Crippen molar-refractivity contribution in [2.24, 2.45) is 0 Å². The van der Waals surface area contributed by atoms with Crippen LogP contribution in [0.3, 0.4) is 0 Å². The van der Waals surface area contributed by atoms with Gasteiger partial charge in [0.05, 0.1) is 21.2 Å². The molecule has 6 heteroatoms. The lowest BCUT2D eigenvalue weighted by Gasteiger charge is -2.07. The molecule has 0 aliphatic heterocycles. The first-order valence-corrected chi connectivity index (χ1v) is 6.60. The maximum atomic E-state index is 13.8. The predicted octanol–water partition coefficient (Wildman–Crippen LogP) is 5.27. The van der Waals surface area contributed by atoms with E-state index in [1.807, 2.05) is 0 Å². The average Bonchev–Trinajstić information content (AvgIpc) is 2.33. The summed E-state index contributed by atoms with van der Waals surface area (Å²) in [4.78, 5) is 12.1.